The monoisotopic (exact) mass is 219 g/mol. The number of nitrogens with zero attached hydrogens (tertiary/aromatic N) is 2. The van der Waals surface area contributed by atoms with E-state index in [0.717, 1.165) is 5.69 Å². The lowest BCUT2D eigenvalue weighted by atomic mass is 10.4. The molecule has 2 atom stereocenters. The highest BCUT2D eigenvalue weighted by atomic mass is 32.2. The summed E-state index contributed by atoms with van der Waals surface area (Å²) in [6.07, 6.45) is 1.71. The van der Waals surface area contributed by atoms with Crippen molar-refractivity contribution in [3.05, 3.63) is 11.1 Å². The van der Waals surface area contributed by atoms with Crippen molar-refractivity contribution in [2.24, 2.45) is 0 Å². The Kier molecular flexibility index (Phi) is 4.47. The summed E-state index contributed by atoms with van der Waals surface area (Å²) in [4.78, 5) is 0. The summed E-state index contributed by atoms with van der Waals surface area (Å²) in [6, 6.07) is 0.257. The van der Waals surface area contributed by atoms with Crippen LogP contribution in [0, 0.1) is 0 Å². The Bertz CT molecular complexity index is 263. The van der Waals surface area contributed by atoms with Gasteiger partial charge >= 0.3 is 0 Å². The van der Waals surface area contributed by atoms with Crippen LogP contribution in [0.5, 0.6) is 0 Å². The zero-order chi connectivity index (χ0) is 9.68. The minimum atomic E-state index is -0.740. The normalized spacial score (nSPS) is 15.5. The van der Waals surface area contributed by atoms with Gasteiger partial charge in [0.05, 0.1) is 5.69 Å². The van der Waals surface area contributed by atoms with Crippen LogP contribution in [-0.4, -0.2) is 31.8 Å². The topological polar surface area (TPSA) is 54.9 Å². The summed E-state index contributed by atoms with van der Waals surface area (Å²) in [5.41, 5.74) is 0.943. The van der Waals surface area contributed by atoms with Crippen LogP contribution in [0.3, 0.4) is 0 Å². The molecule has 2 unspecified atom stereocenters. The van der Waals surface area contributed by atoms with Crippen LogP contribution < -0.4 is 5.32 Å². The maximum atomic E-state index is 10.9. The Morgan fingerprint density at radius 1 is 1.77 bits per heavy atom. The van der Waals surface area contributed by atoms with Crippen LogP contribution in [-0.2, 0) is 17.3 Å². The van der Waals surface area contributed by atoms with E-state index in [-0.39, 0.29) is 6.04 Å². The summed E-state index contributed by atoms with van der Waals surface area (Å²) < 4.78 is 14.6. The fourth-order valence-electron chi connectivity index (χ4n) is 0.951. The van der Waals surface area contributed by atoms with Crippen molar-refractivity contribution < 1.29 is 4.21 Å². The third-order valence-corrected chi connectivity index (χ3v) is 3.04. The first kappa shape index (κ1) is 10.7. The molecule has 0 aliphatic heterocycles. The lowest BCUT2D eigenvalue weighted by molar-refractivity contribution is 0.580. The molecule has 0 saturated heterocycles. The molecule has 13 heavy (non-hydrogen) atoms. The standard InChI is InChI=1S/C7H13N3OS2/c1-6(5-13(2)11)8-3-7-4-12-10-9-7/h4,6,8H,3,5H2,1-2H3. The number of hydrogen-bond acceptors (Lipinski definition) is 5. The van der Waals surface area contributed by atoms with Gasteiger partial charge in [-0.05, 0) is 18.5 Å². The summed E-state index contributed by atoms with van der Waals surface area (Å²) in [6.45, 7) is 2.72. The molecule has 0 fully saturated rings. The minimum Gasteiger partial charge on any atom is -0.308 e. The van der Waals surface area contributed by atoms with Gasteiger partial charge in [-0.3, -0.25) is 4.21 Å². The van der Waals surface area contributed by atoms with Crippen molar-refractivity contribution in [3.63, 3.8) is 0 Å². The Morgan fingerprint density at radius 3 is 3.08 bits per heavy atom. The zero-order valence-electron chi connectivity index (χ0n) is 7.69. The predicted octanol–water partition coefficient (Wildman–Crippen LogP) is 0.395. The molecule has 0 bridgehead atoms. The van der Waals surface area contributed by atoms with Crippen molar-refractivity contribution in [1.82, 2.24) is 14.9 Å². The maximum absolute atomic E-state index is 10.9. The second kappa shape index (κ2) is 5.41. The lowest BCUT2D eigenvalue weighted by Gasteiger charge is -2.10. The molecule has 0 spiro atoms. The molecule has 1 aromatic rings. The lowest BCUT2D eigenvalue weighted by Crippen LogP contribution is -2.30. The second-order valence-corrected chi connectivity index (χ2v) is 5.01. The zero-order valence-corrected chi connectivity index (χ0v) is 9.32. The maximum Gasteiger partial charge on any atom is 0.0893 e. The fourth-order valence-corrected chi connectivity index (χ4v) is 2.22. The van der Waals surface area contributed by atoms with Gasteiger partial charge in [0, 0.05) is 40.8 Å². The molecule has 1 rings (SSSR count). The summed E-state index contributed by atoms with van der Waals surface area (Å²) in [5, 5.41) is 9.03. The van der Waals surface area contributed by atoms with Gasteiger partial charge in [0.1, 0.15) is 0 Å². The van der Waals surface area contributed by atoms with Crippen molar-refractivity contribution in [1.29, 1.82) is 0 Å². The minimum absolute atomic E-state index is 0.257. The largest absolute Gasteiger partial charge is 0.308 e. The van der Waals surface area contributed by atoms with E-state index >= 15 is 0 Å². The second-order valence-electron chi connectivity index (χ2n) is 2.92. The molecular weight excluding hydrogens is 206 g/mol. The highest BCUT2D eigenvalue weighted by Gasteiger charge is 2.04. The predicted molar refractivity (Wildman–Crippen MR) is 55.1 cm³/mol. The Morgan fingerprint density at radius 2 is 2.54 bits per heavy atom. The molecule has 1 aromatic heterocycles. The molecule has 74 valence electrons. The summed E-state index contributed by atoms with van der Waals surface area (Å²) >= 11 is 1.34. The highest BCUT2D eigenvalue weighted by molar-refractivity contribution is 7.84. The molecule has 0 aliphatic carbocycles. The van der Waals surface area contributed by atoms with Crippen LogP contribution in [0.25, 0.3) is 0 Å². The van der Waals surface area contributed by atoms with Gasteiger partial charge in [0.2, 0.25) is 0 Å². The van der Waals surface area contributed by atoms with Gasteiger partial charge < -0.3 is 5.32 Å². The van der Waals surface area contributed by atoms with E-state index in [2.05, 4.69) is 14.9 Å². The van der Waals surface area contributed by atoms with Crippen LogP contribution in [0.2, 0.25) is 0 Å². The van der Waals surface area contributed by atoms with E-state index in [1.54, 1.807) is 6.26 Å². The van der Waals surface area contributed by atoms with Gasteiger partial charge in [-0.25, -0.2) is 0 Å². The molecule has 6 heteroatoms. The van der Waals surface area contributed by atoms with Gasteiger partial charge in [-0.15, -0.1) is 5.10 Å². The molecule has 1 N–H and O–H groups in total. The van der Waals surface area contributed by atoms with E-state index in [1.807, 2.05) is 12.3 Å². The van der Waals surface area contributed by atoms with Gasteiger partial charge in [0.25, 0.3) is 0 Å². The molecular formula is C7H13N3OS2. The smallest absolute Gasteiger partial charge is 0.0893 e. The van der Waals surface area contributed by atoms with Gasteiger partial charge in [-0.1, -0.05) is 4.49 Å². The average Bonchev–Trinajstić information content (AvgIpc) is 2.51. The summed E-state index contributed by atoms with van der Waals surface area (Å²) in [5.74, 6) is 0.678. The highest BCUT2D eigenvalue weighted by Crippen LogP contribution is 1.97. The van der Waals surface area contributed by atoms with Crippen LogP contribution in [0.4, 0.5) is 0 Å². The van der Waals surface area contributed by atoms with Crippen molar-refractivity contribution in [3.8, 4) is 0 Å². The van der Waals surface area contributed by atoms with Crippen LogP contribution >= 0.6 is 11.5 Å². The Hall–Kier alpha value is -0.330. The van der Waals surface area contributed by atoms with E-state index in [9.17, 15) is 4.21 Å². The number of hydrogen-bond donors (Lipinski definition) is 1. The fraction of sp³-hybridized carbons (Fsp3) is 0.714. The SMILES string of the molecule is CC(CS(C)=O)NCc1csnn1. The van der Waals surface area contributed by atoms with E-state index < -0.39 is 10.8 Å². The van der Waals surface area contributed by atoms with Crippen molar-refractivity contribution >= 4 is 22.3 Å². The quantitative estimate of drug-likeness (QED) is 0.778. The number of rotatable bonds is 5. The molecule has 0 amide bonds. The van der Waals surface area contributed by atoms with Gasteiger partial charge in [-0.2, -0.15) is 0 Å². The number of nitrogens with one attached hydrogen (secondary N) is 1. The number of aromatic nitrogens is 2. The average molecular weight is 219 g/mol. The molecule has 0 aromatic carbocycles. The summed E-state index contributed by atoms with van der Waals surface area (Å²) in [7, 11) is -0.740. The van der Waals surface area contributed by atoms with Crippen LogP contribution in [0.1, 0.15) is 12.6 Å². The third kappa shape index (κ3) is 4.44. The first-order valence-electron chi connectivity index (χ1n) is 3.98. The molecule has 1 heterocycles. The van der Waals surface area contributed by atoms with E-state index in [1.165, 1.54) is 11.5 Å². The Balaban J connectivity index is 2.22. The van der Waals surface area contributed by atoms with Crippen molar-refractivity contribution in [2.75, 3.05) is 12.0 Å². The molecule has 4 nitrogen and oxygen atoms in total. The third-order valence-electron chi connectivity index (χ3n) is 1.52. The molecule has 0 radical (unpaired) electrons. The van der Waals surface area contributed by atoms with Crippen LogP contribution in [0.15, 0.2) is 5.38 Å². The first-order valence-corrected chi connectivity index (χ1v) is 6.54. The van der Waals surface area contributed by atoms with Gasteiger partial charge in [0.15, 0.2) is 0 Å². The van der Waals surface area contributed by atoms with E-state index in [4.69, 9.17) is 0 Å². The molecule has 0 saturated carbocycles. The van der Waals surface area contributed by atoms with E-state index in [0.29, 0.717) is 12.3 Å². The Labute approximate surface area is 84.4 Å². The molecule has 0 aliphatic rings. The van der Waals surface area contributed by atoms with Crippen molar-refractivity contribution in [2.45, 2.75) is 19.5 Å². The first-order chi connectivity index (χ1) is 6.18.